The van der Waals surface area contributed by atoms with Gasteiger partial charge in [-0.2, -0.15) is 0 Å². The van der Waals surface area contributed by atoms with Crippen LogP contribution in [0.5, 0.6) is 0 Å². The molecular weight excluding hydrogens is 152 g/mol. The minimum absolute atomic E-state index is 0.0370. The van der Waals surface area contributed by atoms with E-state index in [1.54, 1.807) is 0 Å². The molecule has 2 amide bonds. The van der Waals surface area contributed by atoms with Crippen molar-refractivity contribution >= 4 is 12.2 Å². The predicted molar refractivity (Wildman–Crippen MR) is 34.3 cm³/mol. The zero-order valence-corrected chi connectivity index (χ0v) is 5.73. The maximum atomic E-state index is 10.3. The monoisotopic (exact) mass is 160 g/mol. The minimum atomic E-state index is -1.08. The number of rotatable bonds is 0. The molecule has 0 bridgehead atoms. The summed E-state index contributed by atoms with van der Waals surface area (Å²) in [7, 11) is 0. The van der Waals surface area contributed by atoms with Gasteiger partial charge >= 0.3 is 12.2 Å². The fourth-order valence-corrected chi connectivity index (χ4v) is 0.901. The van der Waals surface area contributed by atoms with Crippen molar-refractivity contribution in [3.63, 3.8) is 0 Å². The summed E-state index contributed by atoms with van der Waals surface area (Å²) in [5.74, 6) is 0. The smallest absolute Gasteiger partial charge is 0.408 e. The molecule has 6 nitrogen and oxygen atoms in total. The summed E-state index contributed by atoms with van der Waals surface area (Å²) in [4.78, 5) is 22.7. The van der Waals surface area contributed by atoms with Crippen molar-refractivity contribution in [2.75, 3.05) is 19.8 Å². The first-order chi connectivity index (χ1) is 5.11. The molecule has 0 unspecified atom stereocenters. The van der Waals surface area contributed by atoms with Crippen molar-refractivity contribution in [2.45, 2.75) is 0 Å². The molecule has 0 aromatic heterocycles. The largest absolute Gasteiger partial charge is 0.465 e. The highest BCUT2D eigenvalue weighted by Crippen LogP contribution is 2.04. The summed E-state index contributed by atoms with van der Waals surface area (Å²) in [5.41, 5.74) is 0. The highest BCUT2D eigenvalue weighted by atomic mass is 16.4. The van der Waals surface area contributed by atoms with Crippen LogP contribution in [0.2, 0.25) is 0 Å². The highest BCUT2D eigenvalue weighted by molar-refractivity contribution is 5.69. The Balaban J connectivity index is 2.47. The van der Waals surface area contributed by atoms with E-state index in [1.165, 1.54) is 0 Å². The van der Waals surface area contributed by atoms with Gasteiger partial charge in [0.1, 0.15) is 6.67 Å². The summed E-state index contributed by atoms with van der Waals surface area (Å²) in [5, 5.41) is 16.8. The number of amides is 2. The van der Waals surface area contributed by atoms with Gasteiger partial charge in [0.15, 0.2) is 0 Å². The summed E-state index contributed by atoms with van der Waals surface area (Å²) in [6, 6.07) is 0. The molecule has 1 rings (SSSR count). The lowest BCUT2D eigenvalue weighted by molar-refractivity contribution is 0.133. The van der Waals surface area contributed by atoms with E-state index in [4.69, 9.17) is 10.2 Å². The Hall–Kier alpha value is -1.46. The molecule has 0 spiro atoms. The van der Waals surface area contributed by atoms with Gasteiger partial charge < -0.3 is 10.2 Å². The Morgan fingerprint density at radius 2 is 1.36 bits per heavy atom. The summed E-state index contributed by atoms with van der Waals surface area (Å²) >= 11 is 0. The van der Waals surface area contributed by atoms with Crippen LogP contribution in [0.25, 0.3) is 0 Å². The number of carboxylic acid groups (broad SMARTS) is 2. The highest BCUT2D eigenvalue weighted by Gasteiger charge is 2.26. The molecule has 0 aliphatic carbocycles. The molecule has 1 saturated heterocycles. The van der Waals surface area contributed by atoms with Crippen molar-refractivity contribution in [3.05, 3.63) is 0 Å². The lowest BCUT2D eigenvalue weighted by Crippen LogP contribution is -2.32. The number of hydrogen-bond donors (Lipinski definition) is 2. The van der Waals surface area contributed by atoms with Crippen LogP contribution >= 0.6 is 0 Å². The van der Waals surface area contributed by atoms with Crippen molar-refractivity contribution < 1.29 is 19.8 Å². The molecule has 0 aromatic carbocycles. The minimum Gasteiger partial charge on any atom is -0.465 e. The van der Waals surface area contributed by atoms with Gasteiger partial charge in [-0.15, -0.1) is 0 Å². The average Bonchev–Trinajstić information content (AvgIpc) is 2.33. The first-order valence-electron chi connectivity index (χ1n) is 3.07. The molecule has 0 atom stereocenters. The molecule has 11 heavy (non-hydrogen) atoms. The third-order valence-electron chi connectivity index (χ3n) is 1.52. The van der Waals surface area contributed by atoms with Crippen molar-refractivity contribution in [1.29, 1.82) is 0 Å². The molecule has 1 heterocycles. The summed E-state index contributed by atoms with van der Waals surface area (Å²) in [6.45, 7) is 0.494. The number of carbonyl (C=O) groups is 2. The lowest BCUT2D eigenvalue weighted by atomic mass is 10.6. The second-order valence-electron chi connectivity index (χ2n) is 2.23. The topological polar surface area (TPSA) is 81.1 Å². The zero-order valence-electron chi connectivity index (χ0n) is 5.73. The first-order valence-corrected chi connectivity index (χ1v) is 3.07. The van der Waals surface area contributed by atoms with Crippen LogP contribution in [0, 0.1) is 0 Å². The number of hydrogen-bond acceptors (Lipinski definition) is 2. The van der Waals surface area contributed by atoms with E-state index >= 15 is 0 Å². The van der Waals surface area contributed by atoms with E-state index in [-0.39, 0.29) is 19.8 Å². The Labute approximate surface area is 62.6 Å². The van der Waals surface area contributed by atoms with Crippen LogP contribution in [-0.2, 0) is 0 Å². The van der Waals surface area contributed by atoms with Gasteiger partial charge in [-0.1, -0.05) is 0 Å². The molecule has 6 heteroatoms. The van der Waals surface area contributed by atoms with Crippen LogP contribution in [0.1, 0.15) is 0 Å². The molecule has 0 aromatic rings. The fraction of sp³-hybridized carbons (Fsp3) is 0.600. The Bertz CT molecular complexity index is 173. The average molecular weight is 160 g/mol. The van der Waals surface area contributed by atoms with Gasteiger partial charge in [-0.25, -0.2) is 9.59 Å². The van der Waals surface area contributed by atoms with Crippen molar-refractivity contribution in [1.82, 2.24) is 9.80 Å². The van der Waals surface area contributed by atoms with Gasteiger partial charge in [0.05, 0.1) is 0 Å². The van der Waals surface area contributed by atoms with Crippen LogP contribution < -0.4 is 0 Å². The van der Waals surface area contributed by atoms with Gasteiger partial charge in [-0.3, -0.25) is 9.80 Å². The first kappa shape index (κ1) is 7.64. The van der Waals surface area contributed by atoms with Crippen LogP contribution in [0.15, 0.2) is 0 Å². The normalized spacial score (nSPS) is 17.1. The molecule has 2 N–H and O–H groups in total. The molecule has 0 saturated carbocycles. The SMILES string of the molecule is O=C(O)N1CCN(C(=O)O)C1. The van der Waals surface area contributed by atoms with E-state index in [0.717, 1.165) is 9.80 Å². The van der Waals surface area contributed by atoms with E-state index in [1.807, 2.05) is 0 Å². The van der Waals surface area contributed by atoms with Crippen LogP contribution in [-0.4, -0.2) is 52.0 Å². The molecule has 1 fully saturated rings. The van der Waals surface area contributed by atoms with E-state index in [9.17, 15) is 9.59 Å². The van der Waals surface area contributed by atoms with E-state index in [2.05, 4.69) is 0 Å². The molecule has 1 aliphatic heterocycles. The fourth-order valence-electron chi connectivity index (χ4n) is 0.901. The van der Waals surface area contributed by atoms with Gasteiger partial charge in [0.2, 0.25) is 0 Å². The van der Waals surface area contributed by atoms with Crippen LogP contribution in [0.4, 0.5) is 9.59 Å². The predicted octanol–water partition coefficient (Wildman–Crippen LogP) is -0.0825. The molecule has 0 radical (unpaired) electrons. The van der Waals surface area contributed by atoms with E-state index in [0.29, 0.717) is 0 Å². The lowest BCUT2D eigenvalue weighted by Gasteiger charge is -2.11. The van der Waals surface area contributed by atoms with Crippen molar-refractivity contribution in [2.24, 2.45) is 0 Å². The maximum Gasteiger partial charge on any atom is 0.408 e. The van der Waals surface area contributed by atoms with Crippen LogP contribution in [0.3, 0.4) is 0 Å². The Kier molecular flexibility index (Phi) is 1.84. The second kappa shape index (κ2) is 2.65. The third kappa shape index (κ3) is 1.51. The summed E-state index contributed by atoms with van der Waals surface area (Å²) in [6.07, 6.45) is -2.15. The van der Waals surface area contributed by atoms with Gasteiger partial charge in [0.25, 0.3) is 0 Å². The van der Waals surface area contributed by atoms with Gasteiger partial charge in [-0.05, 0) is 0 Å². The number of nitrogens with zero attached hydrogens (tertiary/aromatic N) is 2. The summed E-state index contributed by atoms with van der Waals surface area (Å²) < 4.78 is 0. The van der Waals surface area contributed by atoms with E-state index < -0.39 is 12.2 Å². The molecule has 1 aliphatic rings. The Morgan fingerprint density at radius 1 is 1.00 bits per heavy atom. The Morgan fingerprint density at radius 3 is 1.55 bits per heavy atom. The van der Waals surface area contributed by atoms with Crippen molar-refractivity contribution in [3.8, 4) is 0 Å². The molecule has 62 valence electrons. The van der Waals surface area contributed by atoms with Gasteiger partial charge in [0, 0.05) is 13.1 Å². The quantitative estimate of drug-likeness (QED) is 0.519. The zero-order chi connectivity index (χ0) is 8.43. The standard InChI is InChI=1S/C5H8N2O4/c8-4(9)6-1-2-7(3-6)5(10)11/h1-3H2,(H,8,9)(H,10,11). The molecular formula is C5H8N2O4. The third-order valence-corrected chi connectivity index (χ3v) is 1.52. The maximum absolute atomic E-state index is 10.3. The second-order valence-corrected chi connectivity index (χ2v) is 2.23.